The molecule has 3 aromatic rings. The number of amides is 1. The first-order valence-corrected chi connectivity index (χ1v) is 9.52. The van der Waals surface area contributed by atoms with Gasteiger partial charge in [-0.1, -0.05) is 6.07 Å². The van der Waals surface area contributed by atoms with Gasteiger partial charge in [0.25, 0.3) is 5.91 Å². The fourth-order valence-corrected chi connectivity index (χ4v) is 3.53. The molecule has 1 aliphatic heterocycles. The Labute approximate surface area is 163 Å². The summed E-state index contributed by atoms with van der Waals surface area (Å²) in [6.45, 7) is 2.70. The molecule has 28 heavy (non-hydrogen) atoms. The summed E-state index contributed by atoms with van der Waals surface area (Å²) in [7, 11) is 1.66. The van der Waals surface area contributed by atoms with Gasteiger partial charge < -0.3 is 14.8 Å². The van der Waals surface area contributed by atoms with Crippen molar-refractivity contribution in [1.82, 2.24) is 20.5 Å². The first-order valence-electron chi connectivity index (χ1n) is 9.52. The number of benzene rings is 1. The maximum Gasteiger partial charge on any atom is 0.272 e. The number of pyridine rings is 1. The van der Waals surface area contributed by atoms with Gasteiger partial charge in [0, 0.05) is 50.2 Å². The maximum absolute atomic E-state index is 12.7. The molecule has 4 rings (SSSR count). The van der Waals surface area contributed by atoms with E-state index in [4.69, 9.17) is 9.47 Å². The van der Waals surface area contributed by atoms with Crippen LogP contribution in [0, 0.1) is 5.92 Å². The predicted molar refractivity (Wildman–Crippen MR) is 106 cm³/mol. The molecule has 1 aliphatic rings. The van der Waals surface area contributed by atoms with Crippen LogP contribution >= 0.6 is 0 Å². The van der Waals surface area contributed by atoms with Crippen LogP contribution < -0.4 is 5.32 Å². The van der Waals surface area contributed by atoms with Crippen LogP contribution in [-0.2, 0) is 16.1 Å². The molecule has 7 heteroatoms. The highest BCUT2D eigenvalue weighted by Gasteiger charge is 2.18. The van der Waals surface area contributed by atoms with Crippen LogP contribution in [0.25, 0.3) is 22.0 Å². The van der Waals surface area contributed by atoms with Gasteiger partial charge in [-0.3, -0.25) is 14.9 Å². The van der Waals surface area contributed by atoms with E-state index in [1.807, 2.05) is 30.5 Å². The molecular weight excluding hydrogens is 356 g/mol. The zero-order valence-electron chi connectivity index (χ0n) is 15.9. The largest absolute Gasteiger partial charge is 0.381 e. The average Bonchev–Trinajstić information content (AvgIpc) is 3.16. The minimum atomic E-state index is -0.152. The van der Waals surface area contributed by atoms with Crippen molar-refractivity contribution in [2.45, 2.75) is 19.4 Å². The van der Waals surface area contributed by atoms with E-state index in [-0.39, 0.29) is 5.91 Å². The van der Waals surface area contributed by atoms with Crippen molar-refractivity contribution in [3.05, 3.63) is 47.9 Å². The number of hydrogen-bond acceptors (Lipinski definition) is 5. The number of fused-ring (bicyclic) bond motifs is 1. The number of carbonyl (C=O) groups is 1. The van der Waals surface area contributed by atoms with Gasteiger partial charge in [0.1, 0.15) is 0 Å². The van der Waals surface area contributed by atoms with Gasteiger partial charge in [-0.25, -0.2) is 0 Å². The summed E-state index contributed by atoms with van der Waals surface area (Å²) in [6, 6.07) is 7.96. The van der Waals surface area contributed by atoms with E-state index in [1.54, 1.807) is 13.3 Å². The molecule has 3 heterocycles. The lowest BCUT2D eigenvalue weighted by Gasteiger charge is -2.21. The fraction of sp³-hybridized carbons (Fsp3) is 0.381. The van der Waals surface area contributed by atoms with Crippen molar-refractivity contribution in [1.29, 1.82) is 0 Å². The Kier molecular flexibility index (Phi) is 5.64. The molecule has 1 saturated heterocycles. The van der Waals surface area contributed by atoms with Crippen LogP contribution in [0.2, 0.25) is 0 Å². The molecule has 7 nitrogen and oxygen atoms in total. The maximum atomic E-state index is 12.7. The Hall–Kier alpha value is -2.77. The summed E-state index contributed by atoms with van der Waals surface area (Å²) in [4.78, 5) is 17.0. The Morgan fingerprint density at radius 1 is 1.25 bits per heavy atom. The number of H-pyrrole nitrogens is 1. The topological polar surface area (TPSA) is 89.1 Å². The Balaban J connectivity index is 1.55. The minimum absolute atomic E-state index is 0.152. The molecule has 1 aromatic carbocycles. The van der Waals surface area contributed by atoms with Gasteiger partial charge in [0.2, 0.25) is 0 Å². The van der Waals surface area contributed by atoms with E-state index in [9.17, 15) is 4.79 Å². The Morgan fingerprint density at radius 3 is 2.93 bits per heavy atom. The smallest absolute Gasteiger partial charge is 0.272 e. The third-order valence-corrected chi connectivity index (χ3v) is 5.11. The molecule has 0 atom stereocenters. The molecule has 2 N–H and O–H groups in total. The zero-order valence-corrected chi connectivity index (χ0v) is 15.9. The Bertz CT molecular complexity index is 963. The summed E-state index contributed by atoms with van der Waals surface area (Å²) >= 11 is 0. The summed E-state index contributed by atoms with van der Waals surface area (Å²) in [5, 5.41) is 11.0. The highest BCUT2D eigenvalue weighted by atomic mass is 16.5. The van der Waals surface area contributed by atoms with Crippen LogP contribution in [0.5, 0.6) is 0 Å². The molecule has 0 saturated carbocycles. The molecule has 1 amide bonds. The highest BCUT2D eigenvalue weighted by molar-refractivity contribution is 6.05. The number of nitrogens with one attached hydrogen (secondary N) is 2. The normalized spacial score (nSPS) is 15.0. The first kappa shape index (κ1) is 18.6. The quantitative estimate of drug-likeness (QED) is 0.686. The van der Waals surface area contributed by atoms with Crippen LogP contribution in [0.15, 0.2) is 36.7 Å². The Morgan fingerprint density at radius 2 is 2.11 bits per heavy atom. The number of nitrogens with zero attached hydrogens (tertiary/aromatic N) is 2. The molecule has 1 fully saturated rings. The fourth-order valence-electron chi connectivity index (χ4n) is 3.53. The summed E-state index contributed by atoms with van der Waals surface area (Å²) in [5.41, 5.74) is 4.22. The van der Waals surface area contributed by atoms with Gasteiger partial charge in [-0.15, -0.1) is 0 Å². The lowest BCUT2D eigenvalue weighted by molar-refractivity contribution is 0.0642. The molecule has 0 unspecified atom stereocenters. The molecule has 0 aliphatic carbocycles. The number of aromatic nitrogens is 3. The van der Waals surface area contributed by atoms with E-state index >= 15 is 0 Å². The van der Waals surface area contributed by atoms with E-state index in [2.05, 4.69) is 20.5 Å². The van der Waals surface area contributed by atoms with Gasteiger partial charge >= 0.3 is 0 Å². The number of hydrogen-bond donors (Lipinski definition) is 2. The second-order valence-electron chi connectivity index (χ2n) is 7.11. The molecule has 0 spiro atoms. The first-order chi connectivity index (χ1) is 13.7. The standard InChI is InChI=1S/C21H24N4O3/c1-27-13-15-8-17(12-22-10-15)16-2-3-19-18(9-16)20(25-24-19)21(26)23-11-14-4-6-28-7-5-14/h2-3,8-10,12,14H,4-7,11,13H2,1H3,(H,23,26)(H,24,25). The predicted octanol–water partition coefficient (Wildman–Crippen LogP) is 2.93. The molecule has 146 valence electrons. The van der Waals surface area contributed by atoms with E-state index < -0.39 is 0 Å². The number of carbonyl (C=O) groups excluding carboxylic acids is 1. The minimum Gasteiger partial charge on any atom is -0.381 e. The number of rotatable bonds is 6. The van der Waals surface area contributed by atoms with Crippen molar-refractivity contribution in [2.75, 3.05) is 26.9 Å². The molecular formula is C21H24N4O3. The average molecular weight is 380 g/mol. The van der Waals surface area contributed by atoms with Gasteiger partial charge in [-0.2, -0.15) is 5.10 Å². The van der Waals surface area contributed by atoms with Crippen LogP contribution in [0.1, 0.15) is 28.9 Å². The second kappa shape index (κ2) is 8.50. The zero-order chi connectivity index (χ0) is 19.3. The third-order valence-electron chi connectivity index (χ3n) is 5.11. The van der Waals surface area contributed by atoms with E-state index in [1.165, 1.54) is 0 Å². The van der Waals surface area contributed by atoms with E-state index in [0.717, 1.165) is 53.6 Å². The lowest BCUT2D eigenvalue weighted by Crippen LogP contribution is -2.32. The third kappa shape index (κ3) is 4.05. The van der Waals surface area contributed by atoms with Crippen molar-refractivity contribution >= 4 is 16.8 Å². The van der Waals surface area contributed by atoms with Crippen LogP contribution in [0.4, 0.5) is 0 Å². The number of ether oxygens (including phenoxy) is 2. The highest BCUT2D eigenvalue weighted by Crippen LogP contribution is 2.26. The molecule has 2 aromatic heterocycles. The van der Waals surface area contributed by atoms with E-state index in [0.29, 0.717) is 24.8 Å². The number of aromatic amines is 1. The van der Waals surface area contributed by atoms with Crippen molar-refractivity contribution < 1.29 is 14.3 Å². The van der Waals surface area contributed by atoms with Gasteiger partial charge in [-0.05, 0) is 48.1 Å². The van der Waals surface area contributed by atoms with Crippen LogP contribution in [0.3, 0.4) is 0 Å². The lowest BCUT2D eigenvalue weighted by atomic mass is 10.0. The van der Waals surface area contributed by atoms with Crippen molar-refractivity contribution in [3.8, 4) is 11.1 Å². The molecule has 0 bridgehead atoms. The van der Waals surface area contributed by atoms with Gasteiger partial charge in [0.15, 0.2) is 5.69 Å². The monoisotopic (exact) mass is 380 g/mol. The summed E-state index contributed by atoms with van der Waals surface area (Å²) in [6.07, 6.45) is 5.57. The second-order valence-corrected chi connectivity index (χ2v) is 7.11. The summed E-state index contributed by atoms with van der Waals surface area (Å²) in [5.74, 6) is 0.314. The van der Waals surface area contributed by atoms with Crippen molar-refractivity contribution in [2.24, 2.45) is 5.92 Å². The van der Waals surface area contributed by atoms with Crippen LogP contribution in [-0.4, -0.2) is 48.0 Å². The van der Waals surface area contributed by atoms with Gasteiger partial charge in [0.05, 0.1) is 12.1 Å². The number of methoxy groups -OCH3 is 1. The molecule has 0 radical (unpaired) electrons. The van der Waals surface area contributed by atoms with Crippen molar-refractivity contribution in [3.63, 3.8) is 0 Å². The SMILES string of the molecule is COCc1cncc(-c2ccc3[nH]nc(C(=O)NCC4CCOCC4)c3c2)c1. The summed E-state index contributed by atoms with van der Waals surface area (Å²) < 4.78 is 10.6.